The predicted molar refractivity (Wildman–Crippen MR) is 111 cm³/mol. The van der Waals surface area contributed by atoms with Gasteiger partial charge in [-0.2, -0.15) is 0 Å². The SMILES string of the molecule is O=C(O)C12CN(Cc3ccccc3)CC1C(I)=CCC2c1ccccc1. The Morgan fingerprint density at radius 2 is 1.73 bits per heavy atom. The van der Waals surface area contributed by atoms with E-state index in [-0.39, 0.29) is 11.8 Å². The molecule has 2 aliphatic rings. The van der Waals surface area contributed by atoms with Crippen molar-refractivity contribution in [1.29, 1.82) is 0 Å². The molecule has 0 bridgehead atoms. The fourth-order valence-electron chi connectivity index (χ4n) is 4.68. The van der Waals surface area contributed by atoms with Gasteiger partial charge in [-0.25, -0.2) is 0 Å². The number of halogens is 1. The number of carboxylic acids is 1. The molecule has 26 heavy (non-hydrogen) atoms. The van der Waals surface area contributed by atoms with Gasteiger partial charge in [0.15, 0.2) is 0 Å². The number of allylic oxidation sites excluding steroid dienone is 1. The topological polar surface area (TPSA) is 40.5 Å². The number of aliphatic carboxylic acids is 1. The van der Waals surface area contributed by atoms with Gasteiger partial charge < -0.3 is 5.11 Å². The number of benzene rings is 2. The van der Waals surface area contributed by atoms with E-state index in [1.807, 2.05) is 36.4 Å². The van der Waals surface area contributed by atoms with Crippen molar-refractivity contribution in [3.63, 3.8) is 0 Å². The molecule has 1 heterocycles. The lowest BCUT2D eigenvalue weighted by Crippen LogP contribution is -2.46. The van der Waals surface area contributed by atoms with Crippen molar-refractivity contribution in [2.24, 2.45) is 11.3 Å². The van der Waals surface area contributed by atoms with Crippen LogP contribution in [0, 0.1) is 11.3 Å². The molecule has 0 aromatic heterocycles. The van der Waals surface area contributed by atoms with Crippen LogP contribution in [0.1, 0.15) is 23.5 Å². The van der Waals surface area contributed by atoms with E-state index >= 15 is 0 Å². The first-order chi connectivity index (χ1) is 12.6. The van der Waals surface area contributed by atoms with Gasteiger partial charge in [0, 0.05) is 31.5 Å². The summed E-state index contributed by atoms with van der Waals surface area (Å²) < 4.78 is 1.20. The third-order valence-corrected chi connectivity index (χ3v) is 7.09. The van der Waals surface area contributed by atoms with E-state index in [1.54, 1.807) is 0 Å². The van der Waals surface area contributed by atoms with Gasteiger partial charge in [0.25, 0.3) is 0 Å². The summed E-state index contributed by atoms with van der Waals surface area (Å²) in [6.45, 7) is 2.21. The van der Waals surface area contributed by atoms with Crippen LogP contribution in [-0.2, 0) is 11.3 Å². The molecular weight excluding hydrogens is 437 g/mol. The Morgan fingerprint density at radius 3 is 2.38 bits per heavy atom. The first-order valence-corrected chi connectivity index (χ1v) is 10.1. The predicted octanol–water partition coefficient (Wildman–Crippen LogP) is 4.70. The molecule has 4 rings (SSSR count). The van der Waals surface area contributed by atoms with E-state index in [0.717, 1.165) is 25.1 Å². The molecule has 3 nitrogen and oxygen atoms in total. The highest BCUT2D eigenvalue weighted by molar-refractivity contribution is 14.1. The van der Waals surface area contributed by atoms with Crippen molar-refractivity contribution in [3.05, 3.63) is 81.4 Å². The largest absolute Gasteiger partial charge is 0.481 e. The molecule has 1 aliphatic heterocycles. The molecule has 134 valence electrons. The summed E-state index contributed by atoms with van der Waals surface area (Å²) in [6, 6.07) is 20.5. The van der Waals surface area contributed by atoms with Crippen LogP contribution >= 0.6 is 22.6 Å². The second-order valence-electron chi connectivity index (χ2n) is 7.34. The van der Waals surface area contributed by atoms with Gasteiger partial charge in [0.2, 0.25) is 0 Å². The Balaban J connectivity index is 1.71. The van der Waals surface area contributed by atoms with Crippen molar-refractivity contribution in [2.75, 3.05) is 13.1 Å². The van der Waals surface area contributed by atoms with Crippen molar-refractivity contribution in [3.8, 4) is 0 Å². The average molecular weight is 459 g/mol. The standard InChI is InChI=1S/C22H22INO2/c23-20-12-11-18(17-9-5-2-6-10-17)22(21(25)26)15-24(14-19(20)22)13-16-7-3-1-4-8-16/h1-10,12,18-19H,11,13-15H2,(H,25,26). The third kappa shape index (κ3) is 2.99. The minimum absolute atomic E-state index is 0.0190. The van der Waals surface area contributed by atoms with Crippen LogP contribution in [0.4, 0.5) is 0 Å². The average Bonchev–Trinajstić information content (AvgIpc) is 3.05. The summed E-state index contributed by atoms with van der Waals surface area (Å²) in [7, 11) is 0. The monoisotopic (exact) mass is 459 g/mol. The molecule has 4 heteroatoms. The zero-order valence-electron chi connectivity index (χ0n) is 14.5. The molecule has 0 radical (unpaired) electrons. The summed E-state index contributed by atoms with van der Waals surface area (Å²) in [5.41, 5.74) is 1.63. The van der Waals surface area contributed by atoms with Gasteiger partial charge in [-0.3, -0.25) is 9.69 Å². The summed E-state index contributed by atoms with van der Waals surface area (Å²) >= 11 is 2.36. The number of likely N-dealkylation sites (tertiary alicyclic amines) is 1. The maximum absolute atomic E-state index is 12.6. The van der Waals surface area contributed by atoms with Gasteiger partial charge in [0.1, 0.15) is 0 Å². The highest BCUT2D eigenvalue weighted by Gasteiger charge is 2.59. The molecule has 3 unspecified atom stereocenters. The molecule has 2 aromatic carbocycles. The first-order valence-electron chi connectivity index (χ1n) is 9.01. The summed E-state index contributed by atoms with van der Waals surface area (Å²) in [6.07, 6.45) is 3.04. The highest BCUT2D eigenvalue weighted by atomic mass is 127. The Labute approximate surface area is 167 Å². The number of hydrogen-bond donors (Lipinski definition) is 1. The molecule has 2 aromatic rings. The van der Waals surface area contributed by atoms with Gasteiger partial charge >= 0.3 is 5.97 Å². The first kappa shape index (κ1) is 17.7. The van der Waals surface area contributed by atoms with Crippen molar-refractivity contribution in [2.45, 2.75) is 18.9 Å². The van der Waals surface area contributed by atoms with E-state index in [2.05, 4.69) is 57.8 Å². The van der Waals surface area contributed by atoms with E-state index in [1.165, 1.54) is 9.14 Å². The fourth-order valence-corrected chi connectivity index (χ4v) is 5.69. The third-order valence-electron chi connectivity index (χ3n) is 5.90. The number of rotatable bonds is 4. The van der Waals surface area contributed by atoms with E-state index in [9.17, 15) is 9.90 Å². The molecule has 3 atom stereocenters. The molecule has 1 aliphatic carbocycles. The molecule has 1 N–H and O–H groups in total. The second kappa shape index (κ2) is 7.16. The minimum atomic E-state index is -0.749. The van der Waals surface area contributed by atoms with E-state index in [0.29, 0.717) is 6.54 Å². The normalized spacial score (nSPS) is 28.4. The zero-order chi connectivity index (χ0) is 18.1. The Kier molecular flexibility index (Phi) is 4.88. The number of fused-ring (bicyclic) bond motifs is 1. The minimum Gasteiger partial charge on any atom is -0.481 e. The lowest BCUT2D eigenvalue weighted by Gasteiger charge is -2.41. The smallest absolute Gasteiger partial charge is 0.312 e. The van der Waals surface area contributed by atoms with Gasteiger partial charge in [-0.15, -0.1) is 0 Å². The van der Waals surface area contributed by atoms with Crippen molar-refractivity contribution in [1.82, 2.24) is 4.90 Å². The molecule has 1 saturated heterocycles. The molecule has 0 saturated carbocycles. The number of nitrogens with zero attached hydrogens (tertiary/aromatic N) is 1. The van der Waals surface area contributed by atoms with Crippen molar-refractivity contribution < 1.29 is 9.90 Å². The maximum atomic E-state index is 12.6. The van der Waals surface area contributed by atoms with Crippen LogP contribution < -0.4 is 0 Å². The lowest BCUT2D eigenvalue weighted by molar-refractivity contribution is -0.151. The molecule has 1 fully saturated rings. The number of carboxylic acid groups (broad SMARTS) is 1. The number of hydrogen-bond acceptors (Lipinski definition) is 2. The van der Waals surface area contributed by atoms with E-state index in [4.69, 9.17) is 0 Å². The summed E-state index contributed by atoms with van der Waals surface area (Å²) in [5, 5.41) is 10.4. The summed E-state index contributed by atoms with van der Waals surface area (Å²) in [4.78, 5) is 14.9. The lowest BCUT2D eigenvalue weighted by atomic mass is 9.62. The zero-order valence-corrected chi connectivity index (χ0v) is 16.7. The van der Waals surface area contributed by atoms with E-state index < -0.39 is 11.4 Å². The Morgan fingerprint density at radius 1 is 1.08 bits per heavy atom. The van der Waals surface area contributed by atoms with Crippen LogP contribution in [0.5, 0.6) is 0 Å². The molecule has 0 amide bonds. The maximum Gasteiger partial charge on any atom is 0.312 e. The van der Waals surface area contributed by atoms with Crippen LogP contribution in [-0.4, -0.2) is 29.1 Å². The van der Waals surface area contributed by atoms with Crippen LogP contribution in [0.3, 0.4) is 0 Å². The number of carbonyl (C=O) groups is 1. The molecule has 0 spiro atoms. The van der Waals surface area contributed by atoms with Gasteiger partial charge in [-0.05, 0) is 43.7 Å². The van der Waals surface area contributed by atoms with Crippen LogP contribution in [0.15, 0.2) is 70.3 Å². The van der Waals surface area contributed by atoms with Crippen LogP contribution in [0.25, 0.3) is 0 Å². The van der Waals surface area contributed by atoms with Crippen molar-refractivity contribution >= 4 is 28.6 Å². The summed E-state index contributed by atoms with van der Waals surface area (Å²) in [5.74, 6) is -0.581. The Hall–Kier alpha value is -1.66. The van der Waals surface area contributed by atoms with Gasteiger partial charge in [0.05, 0.1) is 5.41 Å². The fraction of sp³-hybridized carbons (Fsp3) is 0.318. The molecular formula is C22H22INO2. The highest BCUT2D eigenvalue weighted by Crippen LogP contribution is 2.56. The second-order valence-corrected chi connectivity index (χ2v) is 8.59. The Bertz CT molecular complexity index is 821. The van der Waals surface area contributed by atoms with Crippen LogP contribution in [0.2, 0.25) is 0 Å². The quantitative estimate of drug-likeness (QED) is 0.675. The van der Waals surface area contributed by atoms with Gasteiger partial charge in [-0.1, -0.05) is 66.7 Å².